The molecule has 228 valence electrons. The summed E-state index contributed by atoms with van der Waals surface area (Å²) in [6, 6.07) is 50.9. The van der Waals surface area contributed by atoms with Crippen LogP contribution in [0.5, 0.6) is 0 Å². The van der Waals surface area contributed by atoms with Crippen LogP contribution in [0.2, 0.25) is 0 Å². The minimum atomic E-state index is -0.728. The number of allylic oxidation sites excluding steroid dienone is 4. The Bertz CT molecular complexity index is 1790. The Balaban J connectivity index is 1.47. The van der Waals surface area contributed by atoms with Crippen molar-refractivity contribution in [3.63, 3.8) is 0 Å². The van der Waals surface area contributed by atoms with Crippen LogP contribution in [0.25, 0.3) is 5.57 Å². The third-order valence-corrected chi connectivity index (χ3v) is 15.3. The minimum Gasteiger partial charge on any atom is -0.0660 e. The van der Waals surface area contributed by atoms with Crippen LogP contribution < -0.4 is 26.5 Å². The summed E-state index contributed by atoms with van der Waals surface area (Å²) in [5.74, 6) is 0. The second-order valence-corrected chi connectivity index (χ2v) is 17.4. The SMILES string of the molecule is c1ccc(P(C2=C(c3c(P(c4ccccc4)c4ccccc4)ccc4c3CCCC4)C3=C(CCCC3)CC2)c2ccccc2)cc1. The fourth-order valence-electron chi connectivity index (χ4n) is 8.11. The van der Waals surface area contributed by atoms with E-state index in [0.717, 1.165) is 0 Å². The van der Waals surface area contributed by atoms with E-state index in [4.69, 9.17) is 0 Å². The highest BCUT2D eigenvalue weighted by Crippen LogP contribution is 2.57. The molecule has 46 heavy (non-hydrogen) atoms. The first kappa shape index (κ1) is 29.8. The van der Waals surface area contributed by atoms with Gasteiger partial charge in [0.05, 0.1) is 0 Å². The molecule has 0 atom stereocenters. The highest BCUT2D eigenvalue weighted by atomic mass is 31.1. The second-order valence-electron chi connectivity index (χ2n) is 12.9. The average Bonchev–Trinajstić information content (AvgIpc) is 3.14. The minimum absolute atomic E-state index is 0.665. The van der Waals surface area contributed by atoms with Gasteiger partial charge in [0.25, 0.3) is 0 Å². The summed E-state index contributed by atoms with van der Waals surface area (Å²) >= 11 is 0. The normalized spacial score (nSPS) is 16.5. The molecule has 3 aliphatic rings. The molecule has 0 radical (unpaired) electrons. The molecule has 8 rings (SSSR count). The molecule has 0 nitrogen and oxygen atoms in total. The quantitative estimate of drug-likeness (QED) is 0.157. The van der Waals surface area contributed by atoms with Gasteiger partial charge >= 0.3 is 0 Å². The zero-order valence-electron chi connectivity index (χ0n) is 26.7. The lowest BCUT2D eigenvalue weighted by Gasteiger charge is -2.37. The molecule has 2 heteroatoms. The van der Waals surface area contributed by atoms with Crippen molar-refractivity contribution >= 4 is 47.9 Å². The van der Waals surface area contributed by atoms with Gasteiger partial charge in [-0.15, -0.1) is 0 Å². The number of fused-ring (bicyclic) bond motifs is 1. The van der Waals surface area contributed by atoms with Crippen molar-refractivity contribution in [2.75, 3.05) is 0 Å². The Hall–Kier alpha value is -3.56. The van der Waals surface area contributed by atoms with Crippen LogP contribution >= 0.6 is 15.8 Å². The third kappa shape index (κ3) is 5.77. The Labute approximate surface area is 277 Å². The fourth-order valence-corrected chi connectivity index (χ4v) is 13.3. The Kier molecular flexibility index (Phi) is 8.85. The largest absolute Gasteiger partial charge is 0.0660 e. The molecule has 3 aliphatic carbocycles. The molecule has 5 aromatic rings. The molecule has 0 spiro atoms. The molecule has 5 aromatic carbocycles. The van der Waals surface area contributed by atoms with Crippen molar-refractivity contribution in [1.29, 1.82) is 0 Å². The van der Waals surface area contributed by atoms with Gasteiger partial charge in [-0.25, -0.2) is 0 Å². The van der Waals surface area contributed by atoms with Crippen molar-refractivity contribution < 1.29 is 0 Å². The molecule has 0 aromatic heterocycles. The van der Waals surface area contributed by atoms with Gasteiger partial charge in [0.1, 0.15) is 0 Å². The lowest BCUT2D eigenvalue weighted by atomic mass is 9.76. The number of hydrogen-bond acceptors (Lipinski definition) is 0. The van der Waals surface area contributed by atoms with Crippen molar-refractivity contribution in [3.8, 4) is 0 Å². The summed E-state index contributed by atoms with van der Waals surface area (Å²) in [4.78, 5) is 0. The average molecular weight is 633 g/mol. The summed E-state index contributed by atoms with van der Waals surface area (Å²) < 4.78 is 0. The first-order valence-electron chi connectivity index (χ1n) is 17.3. The highest BCUT2D eigenvalue weighted by Gasteiger charge is 2.35. The van der Waals surface area contributed by atoms with Gasteiger partial charge in [-0.2, -0.15) is 0 Å². The predicted octanol–water partition coefficient (Wildman–Crippen LogP) is 9.83. The lowest BCUT2D eigenvalue weighted by molar-refractivity contribution is 0.651. The maximum Gasteiger partial charge on any atom is -0.00593 e. The van der Waals surface area contributed by atoms with Gasteiger partial charge in [0.15, 0.2) is 0 Å². The van der Waals surface area contributed by atoms with Gasteiger partial charge in [-0.3, -0.25) is 0 Å². The molecule has 0 bridgehead atoms. The summed E-state index contributed by atoms with van der Waals surface area (Å²) in [6.45, 7) is 0. The first-order valence-corrected chi connectivity index (χ1v) is 19.9. The van der Waals surface area contributed by atoms with E-state index in [9.17, 15) is 0 Å². The van der Waals surface area contributed by atoms with Crippen LogP contribution in [-0.4, -0.2) is 0 Å². The van der Waals surface area contributed by atoms with Gasteiger partial charge in [-0.05, 0) is 140 Å². The van der Waals surface area contributed by atoms with E-state index >= 15 is 0 Å². The molecule has 0 saturated carbocycles. The van der Waals surface area contributed by atoms with E-state index in [1.807, 2.05) is 0 Å². The number of aryl methyl sites for hydroxylation is 1. The van der Waals surface area contributed by atoms with Crippen LogP contribution in [0, 0.1) is 0 Å². The standard InChI is InChI=1S/C44H42P2/c1-5-19-35(20-6-1)45(36-21-7-2-8-22-36)41-31-29-33-17-13-15-27-39(33)43(41)44-40-28-16-14-18-34(40)30-32-42(44)46(37-23-9-3-10-24-37)38-25-11-4-12-26-38/h1-12,19-26,29,31H,13-18,27-28,30,32H2. The fraction of sp³-hybridized carbons (Fsp3) is 0.227. The van der Waals surface area contributed by atoms with E-state index < -0.39 is 15.8 Å². The summed E-state index contributed by atoms with van der Waals surface area (Å²) in [5.41, 5.74) is 10.0. The zero-order valence-corrected chi connectivity index (χ0v) is 28.5. The van der Waals surface area contributed by atoms with Crippen LogP contribution in [-0.2, 0) is 12.8 Å². The van der Waals surface area contributed by atoms with Gasteiger partial charge in [0, 0.05) is 0 Å². The molecule has 0 N–H and O–H groups in total. The van der Waals surface area contributed by atoms with E-state index in [0.29, 0.717) is 0 Å². The van der Waals surface area contributed by atoms with Gasteiger partial charge in [0.2, 0.25) is 0 Å². The maximum absolute atomic E-state index is 2.57. The van der Waals surface area contributed by atoms with Gasteiger partial charge < -0.3 is 0 Å². The second kappa shape index (κ2) is 13.7. The Morgan fingerprint density at radius 2 is 0.891 bits per heavy atom. The summed E-state index contributed by atoms with van der Waals surface area (Å²) in [7, 11) is -1.39. The molecule has 0 aliphatic heterocycles. The zero-order chi connectivity index (χ0) is 30.7. The summed E-state index contributed by atoms with van der Waals surface area (Å²) in [6.07, 6.45) is 12.5. The van der Waals surface area contributed by atoms with Crippen molar-refractivity contribution in [1.82, 2.24) is 0 Å². The molecule has 0 saturated heterocycles. The van der Waals surface area contributed by atoms with Crippen molar-refractivity contribution in [3.05, 3.63) is 167 Å². The van der Waals surface area contributed by atoms with Crippen molar-refractivity contribution in [2.45, 2.75) is 64.2 Å². The monoisotopic (exact) mass is 632 g/mol. The highest BCUT2D eigenvalue weighted by molar-refractivity contribution is 7.80. The molecule has 0 heterocycles. The predicted molar refractivity (Wildman–Crippen MR) is 203 cm³/mol. The topological polar surface area (TPSA) is 0 Å². The molecule has 0 unspecified atom stereocenters. The molecule has 0 amide bonds. The number of rotatable bonds is 7. The Morgan fingerprint density at radius 3 is 1.48 bits per heavy atom. The molecule has 0 fully saturated rings. The summed E-state index contributed by atoms with van der Waals surface area (Å²) in [5, 5.41) is 9.14. The van der Waals surface area contributed by atoms with Crippen LogP contribution in [0.3, 0.4) is 0 Å². The number of benzene rings is 5. The van der Waals surface area contributed by atoms with E-state index in [-0.39, 0.29) is 0 Å². The van der Waals surface area contributed by atoms with E-state index in [1.165, 1.54) is 85.4 Å². The van der Waals surface area contributed by atoms with Crippen LogP contribution in [0.4, 0.5) is 0 Å². The molecular weight excluding hydrogens is 590 g/mol. The van der Waals surface area contributed by atoms with Crippen molar-refractivity contribution in [2.24, 2.45) is 0 Å². The number of hydrogen-bond donors (Lipinski definition) is 0. The Morgan fingerprint density at radius 1 is 0.391 bits per heavy atom. The smallest absolute Gasteiger partial charge is 0.00593 e. The van der Waals surface area contributed by atoms with E-state index in [1.54, 1.807) is 44.0 Å². The third-order valence-electron chi connectivity index (χ3n) is 10.2. The van der Waals surface area contributed by atoms with Crippen LogP contribution in [0.1, 0.15) is 68.1 Å². The first-order chi connectivity index (χ1) is 22.9. The molecular formula is C44H42P2. The van der Waals surface area contributed by atoms with E-state index in [2.05, 4.69) is 133 Å². The lowest BCUT2D eigenvalue weighted by Crippen LogP contribution is -2.27. The van der Waals surface area contributed by atoms with Gasteiger partial charge in [-0.1, -0.05) is 139 Å². The maximum atomic E-state index is 2.57. The van der Waals surface area contributed by atoms with Crippen LogP contribution in [0.15, 0.2) is 150 Å².